The average molecular weight is 293 g/mol. The van der Waals surface area contributed by atoms with Crippen molar-refractivity contribution in [2.45, 2.75) is 39.3 Å². The smallest absolute Gasteiger partial charge is 0.407 e. The Morgan fingerprint density at radius 1 is 1.48 bits per heavy atom. The number of carbonyl (C=O) groups is 1. The number of hydrogen-bond donors (Lipinski definition) is 2. The molecule has 114 valence electrons. The van der Waals surface area contributed by atoms with Gasteiger partial charge in [-0.1, -0.05) is 0 Å². The first-order valence-corrected chi connectivity index (χ1v) is 6.64. The van der Waals surface area contributed by atoms with Crippen LogP contribution in [-0.2, 0) is 4.74 Å². The van der Waals surface area contributed by atoms with Crippen molar-refractivity contribution in [3.63, 3.8) is 0 Å². The number of hydrogen-bond acceptors (Lipinski definition) is 4. The zero-order valence-corrected chi connectivity index (χ0v) is 12.7. The predicted molar refractivity (Wildman–Crippen MR) is 78.4 cm³/mol. The molecule has 2 N–H and O–H groups in total. The number of amides is 1. The fraction of sp³-hybridized carbons (Fsp3) is 0.467. The summed E-state index contributed by atoms with van der Waals surface area (Å²) in [5.41, 5.74) is 0.0538. The molecule has 0 saturated heterocycles. The fourth-order valence-electron chi connectivity index (χ4n) is 1.59. The van der Waals surface area contributed by atoms with E-state index in [9.17, 15) is 9.18 Å². The molecule has 0 aromatic heterocycles. The molecule has 0 aliphatic heterocycles. The van der Waals surface area contributed by atoms with Gasteiger partial charge in [0, 0.05) is 18.3 Å². The number of benzene rings is 1. The second kappa shape index (κ2) is 6.93. The summed E-state index contributed by atoms with van der Waals surface area (Å²) in [5, 5.41) is 14.5. The summed E-state index contributed by atoms with van der Waals surface area (Å²) in [7, 11) is 0. The van der Waals surface area contributed by atoms with E-state index in [1.54, 1.807) is 32.9 Å². The molecule has 1 rings (SSSR count). The zero-order chi connectivity index (χ0) is 16.0. The lowest BCUT2D eigenvalue weighted by Crippen LogP contribution is -2.38. The predicted octanol–water partition coefficient (Wildman–Crippen LogP) is 3.02. The molecule has 0 fully saturated rings. The number of nitriles is 1. The highest BCUT2D eigenvalue weighted by molar-refractivity contribution is 5.67. The van der Waals surface area contributed by atoms with E-state index in [1.807, 2.05) is 6.92 Å². The summed E-state index contributed by atoms with van der Waals surface area (Å²) in [6.45, 7) is 7.56. The van der Waals surface area contributed by atoms with Crippen molar-refractivity contribution in [2.24, 2.45) is 0 Å². The molecule has 1 aromatic rings. The topological polar surface area (TPSA) is 74.2 Å². The monoisotopic (exact) mass is 293 g/mol. The van der Waals surface area contributed by atoms with Gasteiger partial charge in [-0.05, 0) is 45.9 Å². The van der Waals surface area contributed by atoms with Gasteiger partial charge in [0.05, 0.1) is 5.56 Å². The Morgan fingerprint density at radius 2 is 2.14 bits per heavy atom. The summed E-state index contributed by atoms with van der Waals surface area (Å²) in [4.78, 5) is 11.5. The van der Waals surface area contributed by atoms with E-state index in [2.05, 4.69) is 10.6 Å². The third-order valence-corrected chi connectivity index (χ3v) is 2.45. The van der Waals surface area contributed by atoms with Gasteiger partial charge in [-0.15, -0.1) is 0 Å². The Morgan fingerprint density at radius 3 is 2.71 bits per heavy atom. The van der Waals surface area contributed by atoms with E-state index < -0.39 is 17.5 Å². The first-order valence-electron chi connectivity index (χ1n) is 6.64. The maximum atomic E-state index is 13.2. The van der Waals surface area contributed by atoms with Crippen LogP contribution in [0.5, 0.6) is 0 Å². The Balaban J connectivity index is 2.49. The van der Waals surface area contributed by atoms with Crippen molar-refractivity contribution >= 4 is 11.8 Å². The normalized spacial score (nSPS) is 12.2. The van der Waals surface area contributed by atoms with Crippen LogP contribution in [0.1, 0.15) is 33.3 Å². The zero-order valence-electron chi connectivity index (χ0n) is 12.7. The van der Waals surface area contributed by atoms with Crippen molar-refractivity contribution in [3.8, 4) is 6.07 Å². The molecule has 0 radical (unpaired) electrons. The van der Waals surface area contributed by atoms with Gasteiger partial charge in [-0.2, -0.15) is 5.26 Å². The van der Waals surface area contributed by atoms with Crippen LogP contribution in [0.25, 0.3) is 0 Å². The molecule has 0 bridgehead atoms. The molecule has 5 nitrogen and oxygen atoms in total. The Labute approximate surface area is 124 Å². The molecule has 0 spiro atoms. The van der Waals surface area contributed by atoms with Gasteiger partial charge < -0.3 is 15.4 Å². The second-order valence-corrected chi connectivity index (χ2v) is 5.73. The number of rotatable bonds is 4. The van der Waals surface area contributed by atoms with Gasteiger partial charge in [0.2, 0.25) is 0 Å². The van der Waals surface area contributed by atoms with E-state index in [-0.39, 0.29) is 11.6 Å². The molecule has 0 saturated carbocycles. The van der Waals surface area contributed by atoms with Crippen LogP contribution >= 0.6 is 0 Å². The molecular weight excluding hydrogens is 273 g/mol. The van der Waals surface area contributed by atoms with Crippen LogP contribution in [0.4, 0.5) is 14.9 Å². The van der Waals surface area contributed by atoms with Gasteiger partial charge in [-0.3, -0.25) is 0 Å². The highest BCUT2D eigenvalue weighted by atomic mass is 19.1. The number of nitrogens with one attached hydrogen (secondary N) is 2. The fourth-order valence-corrected chi connectivity index (χ4v) is 1.59. The maximum Gasteiger partial charge on any atom is 0.407 e. The summed E-state index contributed by atoms with van der Waals surface area (Å²) < 4.78 is 18.3. The van der Waals surface area contributed by atoms with E-state index in [0.29, 0.717) is 12.2 Å². The van der Waals surface area contributed by atoms with E-state index >= 15 is 0 Å². The lowest BCUT2D eigenvalue weighted by Gasteiger charge is -2.21. The minimum atomic E-state index is -0.553. The Kier molecular flexibility index (Phi) is 5.53. The molecule has 6 heteroatoms. The molecule has 0 aliphatic rings. The van der Waals surface area contributed by atoms with Crippen molar-refractivity contribution in [3.05, 3.63) is 29.6 Å². The molecule has 0 heterocycles. The third kappa shape index (κ3) is 6.13. The first-order chi connectivity index (χ1) is 9.71. The first kappa shape index (κ1) is 16.8. The van der Waals surface area contributed by atoms with Gasteiger partial charge in [0.25, 0.3) is 0 Å². The number of halogens is 1. The highest BCUT2D eigenvalue weighted by Crippen LogP contribution is 2.14. The van der Waals surface area contributed by atoms with Crippen LogP contribution < -0.4 is 10.6 Å². The quantitative estimate of drug-likeness (QED) is 0.895. The van der Waals surface area contributed by atoms with Crippen LogP contribution in [0.2, 0.25) is 0 Å². The molecule has 21 heavy (non-hydrogen) atoms. The SMILES string of the molecule is CC(CNC(=O)OC(C)(C)C)Nc1ccc(F)c(C#N)c1. The number of carbonyl (C=O) groups excluding carboxylic acids is 1. The number of nitrogens with zero attached hydrogens (tertiary/aromatic N) is 1. The van der Waals surface area contributed by atoms with Gasteiger partial charge >= 0.3 is 6.09 Å². The molecule has 0 aliphatic carbocycles. The van der Waals surface area contributed by atoms with Crippen LogP contribution in [0.3, 0.4) is 0 Å². The van der Waals surface area contributed by atoms with Crippen molar-refractivity contribution in [1.29, 1.82) is 5.26 Å². The molecule has 1 aromatic carbocycles. The van der Waals surface area contributed by atoms with Gasteiger partial charge in [0.15, 0.2) is 0 Å². The van der Waals surface area contributed by atoms with Crippen molar-refractivity contribution in [1.82, 2.24) is 5.32 Å². The number of anilines is 1. The average Bonchev–Trinajstić information content (AvgIpc) is 2.36. The van der Waals surface area contributed by atoms with Crippen LogP contribution in [0.15, 0.2) is 18.2 Å². The molecule has 1 atom stereocenters. The van der Waals surface area contributed by atoms with Crippen LogP contribution in [0, 0.1) is 17.1 Å². The maximum absolute atomic E-state index is 13.2. The van der Waals surface area contributed by atoms with Gasteiger partial charge in [0.1, 0.15) is 17.5 Å². The minimum Gasteiger partial charge on any atom is -0.444 e. The lowest BCUT2D eigenvalue weighted by molar-refractivity contribution is 0.0526. The van der Waals surface area contributed by atoms with Gasteiger partial charge in [-0.25, -0.2) is 9.18 Å². The summed E-state index contributed by atoms with van der Waals surface area (Å²) >= 11 is 0. The Bertz CT molecular complexity index is 547. The third-order valence-electron chi connectivity index (χ3n) is 2.45. The molecular formula is C15H20FN3O2. The highest BCUT2D eigenvalue weighted by Gasteiger charge is 2.16. The minimum absolute atomic E-state index is 0.0210. The van der Waals surface area contributed by atoms with E-state index in [4.69, 9.17) is 10.00 Å². The van der Waals surface area contributed by atoms with E-state index in [1.165, 1.54) is 12.1 Å². The summed E-state index contributed by atoms with van der Waals surface area (Å²) in [6.07, 6.45) is -0.493. The van der Waals surface area contributed by atoms with Crippen molar-refractivity contribution < 1.29 is 13.9 Å². The summed E-state index contributed by atoms with van der Waals surface area (Å²) in [5.74, 6) is -0.553. The number of ether oxygens (including phenoxy) is 1. The number of alkyl carbamates (subject to hydrolysis) is 1. The van der Waals surface area contributed by atoms with E-state index in [0.717, 1.165) is 0 Å². The Hall–Kier alpha value is -2.29. The summed E-state index contributed by atoms with van der Waals surface area (Å²) in [6, 6.07) is 5.88. The second-order valence-electron chi connectivity index (χ2n) is 5.73. The molecule has 1 amide bonds. The standard InChI is InChI=1S/C15H20FN3O2/c1-10(9-18-14(20)21-15(2,3)4)19-12-5-6-13(16)11(7-12)8-17/h5-7,10,19H,9H2,1-4H3,(H,18,20). The van der Waals surface area contributed by atoms with Crippen molar-refractivity contribution in [2.75, 3.05) is 11.9 Å². The van der Waals surface area contributed by atoms with Crippen LogP contribution in [-0.4, -0.2) is 24.3 Å². The largest absolute Gasteiger partial charge is 0.444 e. The molecule has 1 unspecified atom stereocenters. The lowest BCUT2D eigenvalue weighted by atomic mass is 10.2.